The molecule has 0 bridgehead atoms. The zero-order valence-electron chi connectivity index (χ0n) is 23.8. The molecule has 1 heterocycles. The zero-order valence-corrected chi connectivity index (χ0v) is 23.8. The van der Waals surface area contributed by atoms with E-state index in [-0.39, 0.29) is 23.2 Å². The van der Waals surface area contributed by atoms with Crippen LogP contribution in [0.25, 0.3) is 11.0 Å². The number of aromatic nitrogens is 2. The van der Waals surface area contributed by atoms with Crippen molar-refractivity contribution in [1.82, 2.24) is 9.55 Å². The lowest BCUT2D eigenvalue weighted by Gasteiger charge is -2.29. The Morgan fingerprint density at radius 2 is 1.53 bits per heavy atom. The second-order valence-corrected chi connectivity index (χ2v) is 11.7. The summed E-state index contributed by atoms with van der Waals surface area (Å²) >= 11 is 0. The Morgan fingerprint density at radius 3 is 2.06 bits per heavy atom. The van der Waals surface area contributed by atoms with Crippen LogP contribution in [0.2, 0.25) is 0 Å². The van der Waals surface area contributed by atoms with Gasteiger partial charge in [0, 0.05) is 37.0 Å². The molecule has 0 aliphatic heterocycles. The summed E-state index contributed by atoms with van der Waals surface area (Å²) in [5, 5.41) is 3.42. The number of hydrogen-bond donors (Lipinski definition) is 1. The van der Waals surface area contributed by atoms with Gasteiger partial charge in [-0.1, -0.05) is 41.5 Å². The van der Waals surface area contributed by atoms with E-state index < -0.39 is 0 Å². The van der Waals surface area contributed by atoms with Gasteiger partial charge >= 0.3 is 0 Å². The van der Waals surface area contributed by atoms with Crippen molar-refractivity contribution in [2.75, 3.05) is 32.7 Å². The van der Waals surface area contributed by atoms with E-state index in [0.717, 1.165) is 34.3 Å². The number of imidazole rings is 1. The molecule has 0 aliphatic carbocycles. The molecule has 3 aromatic rings. The molecule has 0 aliphatic rings. The Labute approximate surface area is 216 Å². The van der Waals surface area contributed by atoms with Gasteiger partial charge in [0.2, 0.25) is 5.95 Å². The molecule has 6 nitrogen and oxygen atoms in total. The number of rotatable bonds is 9. The summed E-state index contributed by atoms with van der Waals surface area (Å²) in [7, 11) is 3.41. The zero-order chi connectivity index (χ0) is 26.8. The third-order valence-corrected chi connectivity index (χ3v) is 6.70. The van der Waals surface area contributed by atoms with Crippen molar-refractivity contribution >= 4 is 22.8 Å². The van der Waals surface area contributed by atoms with Crippen LogP contribution in [0.4, 0.5) is 5.95 Å². The molecule has 0 radical (unpaired) electrons. The van der Waals surface area contributed by atoms with E-state index in [0.29, 0.717) is 24.7 Å². The fraction of sp³-hybridized carbons (Fsp3) is 0.533. The van der Waals surface area contributed by atoms with Crippen LogP contribution in [-0.4, -0.2) is 42.7 Å². The Morgan fingerprint density at radius 1 is 0.944 bits per heavy atom. The molecule has 0 amide bonds. The second-order valence-electron chi connectivity index (χ2n) is 11.7. The maximum atomic E-state index is 13.9. The van der Waals surface area contributed by atoms with Gasteiger partial charge in [0.15, 0.2) is 5.78 Å². The number of anilines is 1. The van der Waals surface area contributed by atoms with Crippen molar-refractivity contribution in [3.63, 3.8) is 0 Å². The van der Waals surface area contributed by atoms with Crippen molar-refractivity contribution < 1.29 is 14.3 Å². The molecule has 0 unspecified atom stereocenters. The van der Waals surface area contributed by atoms with Gasteiger partial charge in [-0.2, -0.15) is 0 Å². The highest BCUT2D eigenvalue weighted by Gasteiger charge is 2.29. The van der Waals surface area contributed by atoms with Gasteiger partial charge < -0.3 is 19.4 Å². The number of nitrogens with one attached hydrogen (secondary N) is 1. The first-order chi connectivity index (χ1) is 16.8. The number of fused-ring (bicyclic) bond motifs is 1. The summed E-state index contributed by atoms with van der Waals surface area (Å²) in [4.78, 5) is 18.7. The molecule has 2 aromatic carbocycles. The highest BCUT2D eigenvalue weighted by molar-refractivity contribution is 5.98. The van der Waals surface area contributed by atoms with Gasteiger partial charge in [-0.15, -0.1) is 0 Å². The Hall–Kier alpha value is -2.86. The summed E-state index contributed by atoms with van der Waals surface area (Å²) in [6.07, 6.45) is 0.855. The van der Waals surface area contributed by atoms with Crippen LogP contribution >= 0.6 is 0 Å². The lowest BCUT2D eigenvalue weighted by atomic mass is 9.78. The molecule has 6 heteroatoms. The normalized spacial score (nSPS) is 12.3. The predicted molar refractivity (Wildman–Crippen MR) is 149 cm³/mol. The van der Waals surface area contributed by atoms with Crippen LogP contribution in [-0.2, 0) is 22.1 Å². The van der Waals surface area contributed by atoms with E-state index in [1.807, 2.05) is 16.7 Å². The molecular weight excluding hydrogens is 450 g/mol. The third kappa shape index (κ3) is 5.92. The second kappa shape index (κ2) is 10.6. The largest absolute Gasteiger partial charge is 0.496 e. The molecule has 0 saturated heterocycles. The van der Waals surface area contributed by atoms with Crippen LogP contribution in [0.3, 0.4) is 0 Å². The number of aryl methyl sites for hydroxylation is 2. The van der Waals surface area contributed by atoms with Crippen molar-refractivity contribution in [3.05, 3.63) is 52.1 Å². The monoisotopic (exact) mass is 493 g/mol. The maximum Gasteiger partial charge on any atom is 0.204 e. The fourth-order valence-electron chi connectivity index (χ4n) is 4.45. The molecule has 0 saturated carbocycles. The summed E-state index contributed by atoms with van der Waals surface area (Å²) in [6.45, 7) is 18.7. The smallest absolute Gasteiger partial charge is 0.204 e. The lowest BCUT2D eigenvalue weighted by Crippen LogP contribution is -2.22. The molecule has 3 rings (SSSR count). The van der Waals surface area contributed by atoms with Gasteiger partial charge in [-0.3, -0.25) is 4.79 Å². The standard InChI is InChI=1S/C30H43N3O3/c1-19-14-24-25(15-20(19)2)33(28(32-24)31-12-11-13-35-9)18-26(34)21-16-22(29(3,4)5)27(36-10)23(17-21)30(6,7)8/h14-17H,11-13,18H2,1-10H3,(H,31,32). The van der Waals surface area contributed by atoms with Crippen LogP contribution in [0.1, 0.15) is 80.6 Å². The van der Waals surface area contributed by atoms with Crippen molar-refractivity contribution in [2.45, 2.75) is 79.2 Å². The summed E-state index contributed by atoms with van der Waals surface area (Å²) in [5.41, 5.74) is 6.64. The van der Waals surface area contributed by atoms with Gasteiger partial charge in [0.25, 0.3) is 0 Å². The number of carbonyl (C=O) groups excluding carboxylic acids is 1. The molecule has 0 atom stereocenters. The average Bonchev–Trinajstić information content (AvgIpc) is 3.10. The molecule has 1 aromatic heterocycles. The van der Waals surface area contributed by atoms with Crippen molar-refractivity contribution in [2.24, 2.45) is 0 Å². The fourth-order valence-corrected chi connectivity index (χ4v) is 4.45. The van der Waals surface area contributed by atoms with E-state index in [1.165, 1.54) is 11.1 Å². The van der Waals surface area contributed by atoms with E-state index >= 15 is 0 Å². The minimum absolute atomic E-state index is 0.0473. The molecule has 196 valence electrons. The Kier molecular flexibility index (Phi) is 8.19. The summed E-state index contributed by atoms with van der Waals surface area (Å²) < 4.78 is 13.1. The van der Waals surface area contributed by atoms with Gasteiger partial charge in [-0.25, -0.2) is 4.98 Å². The highest BCUT2D eigenvalue weighted by Crippen LogP contribution is 2.40. The van der Waals surface area contributed by atoms with Crippen LogP contribution in [0.15, 0.2) is 24.3 Å². The minimum atomic E-state index is -0.175. The van der Waals surface area contributed by atoms with E-state index in [9.17, 15) is 4.79 Å². The quantitative estimate of drug-likeness (QED) is 0.269. The number of Topliss-reactive ketones (excluding diaryl/α,β-unsaturated/α-hetero) is 1. The van der Waals surface area contributed by atoms with Crippen LogP contribution < -0.4 is 10.1 Å². The maximum absolute atomic E-state index is 13.9. The number of carbonyl (C=O) groups is 1. The lowest BCUT2D eigenvalue weighted by molar-refractivity contribution is 0.0973. The van der Waals surface area contributed by atoms with Crippen LogP contribution in [0, 0.1) is 13.8 Å². The first-order valence-corrected chi connectivity index (χ1v) is 12.7. The number of hydrogen-bond acceptors (Lipinski definition) is 5. The van der Waals surface area contributed by atoms with Gasteiger partial charge in [-0.05, 0) is 66.5 Å². The van der Waals surface area contributed by atoms with Crippen molar-refractivity contribution in [3.8, 4) is 5.75 Å². The Balaban J connectivity index is 2.10. The molecule has 0 spiro atoms. The number of ether oxygens (including phenoxy) is 2. The molecular formula is C30H43N3O3. The SMILES string of the molecule is COCCCNc1nc2cc(C)c(C)cc2n1CC(=O)c1cc(C(C)(C)C)c(OC)c(C(C)(C)C)c1. The predicted octanol–water partition coefficient (Wildman–Crippen LogP) is 6.59. The number of methoxy groups -OCH3 is 2. The first kappa shape index (κ1) is 27.7. The van der Waals surface area contributed by atoms with E-state index in [2.05, 4.69) is 72.8 Å². The van der Waals surface area contributed by atoms with Gasteiger partial charge in [0.1, 0.15) is 5.75 Å². The summed E-state index contributed by atoms with van der Waals surface area (Å²) in [5.74, 6) is 1.62. The topological polar surface area (TPSA) is 65.4 Å². The van der Waals surface area contributed by atoms with E-state index in [4.69, 9.17) is 14.5 Å². The minimum Gasteiger partial charge on any atom is -0.496 e. The molecule has 36 heavy (non-hydrogen) atoms. The van der Waals surface area contributed by atoms with E-state index in [1.54, 1.807) is 14.2 Å². The third-order valence-electron chi connectivity index (χ3n) is 6.70. The van der Waals surface area contributed by atoms with Crippen LogP contribution in [0.5, 0.6) is 5.75 Å². The average molecular weight is 494 g/mol. The van der Waals surface area contributed by atoms with Crippen molar-refractivity contribution in [1.29, 1.82) is 0 Å². The van der Waals surface area contributed by atoms with Gasteiger partial charge in [0.05, 0.1) is 24.7 Å². The number of nitrogens with zero attached hydrogens (tertiary/aromatic N) is 2. The number of ketones is 1. The Bertz CT molecular complexity index is 1210. The highest BCUT2D eigenvalue weighted by atomic mass is 16.5. The first-order valence-electron chi connectivity index (χ1n) is 12.7. The summed E-state index contributed by atoms with van der Waals surface area (Å²) in [6, 6.07) is 8.24. The molecule has 1 N–H and O–H groups in total. The molecule has 0 fully saturated rings. The number of benzene rings is 2.